The lowest BCUT2D eigenvalue weighted by Crippen LogP contribution is -2.52. The molecule has 0 aromatic heterocycles. The van der Waals surface area contributed by atoms with E-state index in [2.05, 4.69) is 5.32 Å². The fourth-order valence-electron chi connectivity index (χ4n) is 3.40. The van der Waals surface area contributed by atoms with Crippen LogP contribution in [-0.4, -0.2) is 54.0 Å². The monoisotopic (exact) mass is 461 g/mol. The second-order valence-electron chi connectivity index (χ2n) is 7.77. The van der Waals surface area contributed by atoms with Gasteiger partial charge < -0.3 is 10.2 Å². The van der Waals surface area contributed by atoms with Gasteiger partial charge in [-0.05, 0) is 39.0 Å². The predicted molar refractivity (Wildman–Crippen MR) is 114 cm³/mol. The zero-order valence-electron chi connectivity index (χ0n) is 17.9. The highest BCUT2D eigenvalue weighted by molar-refractivity contribution is 7.90. The van der Waals surface area contributed by atoms with Crippen molar-refractivity contribution in [2.75, 3.05) is 6.54 Å². The normalized spacial score (nSPS) is 15.4. The van der Waals surface area contributed by atoms with Crippen molar-refractivity contribution in [1.82, 2.24) is 14.5 Å². The molecule has 0 spiro atoms. The largest absolute Gasteiger partial charge is 0.352 e. The van der Waals surface area contributed by atoms with Gasteiger partial charge in [0.05, 0.1) is 5.56 Å². The average molecular weight is 462 g/mol. The van der Waals surface area contributed by atoms with Crippen molar-refractivity contribution < 1.29 is 27.2 Å². The molecular weight excluding hydrogens is 437 g/mol. The third kappa shape index (κ3) is 4.50. The summed E-state index contributed by atoms with van der Waals surface area (Å²) in [7, 11) is -4.21. The molecule has 1 unspecified atom stereocenters. The van der Waals surface area contributed by atoms with E-state index < -0.39 is 46.1 Å². The number of amides is 3. The first-order chi connectivity index (χ1) is 15.0. The summed E-state index contributed by atoms with van der Waals surface area (Å²) in [5, 5.41) is 2.69. The van der Waals surface area contributed by atoms with Crippen molar-refractivity contribution in [3.63, 3.8) is 0 Å². The third-order valence-electron chi connectivity index (χ3n) is 5.09. The van der Waals surface area contributed by atoms with E-state index in [-0.39, 0.29) is 28.6 Å². The van der Waals surface area contributed by atoms with Crippen LogP contribution >= 0.6 is 0 Å². The summed E-state index contributed by atoms with van der Waals surface area (Å²) in [6, 6.07) is 10.2. The number of hydrogen-bond acceptors (Lipinski definition) is 5. The molecule has 1 aliphatic heterocycles. The summed E-state index contributed by atoms with van der Waals surface area (Å²) in [6.45, 7) is 3.89. The summed E-state index contributed by atoms with van der Waals surface area (Å²) in [6.07, 6.45) is 0. The number of nitrogens with one attached hydrogen (secondary N) is 1. The van der Waals surface area contributed by atoms with Gasteiger partial charge >= 0.3 is 0 Å². The lowest BCUT2D eigenvalue weighted by Gasteiger charge is -2.30. The van der Waals surface area contributed by atoms with Gasteiger partial charge in [-0.15, -0.1) is 0 Å². The second-order valence-corrected chi connectivity index (χ2v) is 9.60. The van der Waals surface area contributed by atoms with Gasteiger partial charge in [-0.25, -0.2) is 17.1 Å². The van der Waals surface area contributed by atoms with Gasteiger partial charge in [0.15, 0.2) is 0 Å². The quantitative estimate of drug-likeness (QED) is 0.679. The van der Waals surface area contributed by atoms with Gasteiger partial charge in [-0.1, -0.05) is 30.3 Å². The van der Waals surface area contributed by atoms with Crippen LogP contribution < -0.4 is 5.32 Å². The number of rotatable bonds is 7. The summed E-state index contributed by atoms with van der Waals surface area (Å²) >= 11 is 0. The average Bonchev–Trinajstić information content (AvgIpc) is 2.93. The number of benzene rings is 2. The summed E-state index contributed by atoms with van der Waals surface area (Å²) in [5.74, 6) is -2.67. The molecule has 2 aromatic rings. The number of sulfonamides is 1. The van der Waals surface area contributed by atoms with Crippen LogP contribution in [0.1, 0.15) is 36.7 Å². The van der Waals surface area contributed by atoms with Gasteiger partial charge in [-0.2, -0.15) is 0 Å². The fourth-order valence-corrected chi connectivity index (χ4v) is 4.92. The van der Waals surface area contributed by atoms with E-state index in [0.717, 1.165) is 4.90 Å². The molecule has 0 radical (unpaired) electrons. The van der Waals surface area contributed by atoms with Gasteiger partial charge in [0.1, 0.15) is 23.3 Å². The molecule has 0 saturated carbocycles. The maximum atomic E-state index is 14.3. The number of hydrogen-bond donors (Lipinski definition) is 1. The Morgan fingerprint density at radius 2 is 1.69 bits per heavy atom. The molecule has 3 rings (SSSR count). The van der Waals surface area contributed by atoms with Gasteiger partial charge in [0.25, 0.3) is 15.9 Å². The number of carbonyl (C=O) groups excluding carboxylic acids is 3. The van der Waals surface area contributed by atoms with E-state index in [0.29, 0.717) is 4.31 Å². The van der Waals surface area contributed by atoms with Crippen LogP contribution in [0.2, 0.25) is 0 Å². The molecule has 32 heavy (non-hydrogen) atoms. The SMILES string of the molecule is CC(C)NC(=O)C(C)N(Cc1ccccc1F)C(=O)CN1C(=O)c2ccccc2S1(=O)=O. The van der Waals surface area contributed by atoms with Crippen molar-refractivity contribution in [3.8, 4) is 0 Å². The molecule has 0 aliphatic carbocycles. The molecule has 8 nitrogen and oxygen atoms in total. The van der Waals surface area contributed by atoms with Crippen LogP contribution in [0.25, 0.3) is 0 Å². The van der Waals surface area contributed by atoms with E-state index in [1.165, 1.54) is 49.4 Å². The molecule has 0 fully saturated rings. The van der Waals surface area contributed by atoms with E-state index in [9.17, 15) is 27.2 Å². The number of nitrogens with zero attached hydrogens (tertiary/aromatic N) is 2. The Morgan fingerprint density at radius 3 is 2.31 bits per heavy atom. The van der Waals surface area contributed by atoms with E-state index in [1.807, 2.05) is 0 Å². The minimum atomic E-state index is -4.21. The summed E-state index contributed by atoms with van der Waals surface area (Å²) in [4.78, 5) is 39.3. The first kappa shape index (κ1) is 23.4. The number of halogens is 1. The Labute approximate surface area is 186 Å². The molecule has 0 bridgehead atoms. The Kier molecular flexibility index (Phi) is 6.63. The van der Waals surface area contributed by atoms with E-state index >= 15 is 0 Å². The van der Waals surface area contributed by atoms with Crippen LogP contribution in [-0.2, 0) is 26.2 Å². The Bertz CT molecular complexity index is 1170. The summed E-state index contributed by atoms with van der Waals surface area (Å²) in [5.41, 5.74) is 0.135. The Hall–Kier alpha value is -3.27. The number of carbonyl (C=O) groups is 3. The lowest BCUT2D eigenvalue weighted by atomic mass is 10.1. The Balaban J connectivity index is 1.91. The molecule has 0 saturated heterocycles. The topological polar surface area (TPSA) is 104 Å². The standard InChI is InChI=1S/C22H24FN3O5S/c1-14(2)24-21(28)15(3)25(12-16-8-4-6-10-18(16)23)20(27)13-26-22(29)17-9-5-7-11-19(17)32(26,30)31/h4-11,14-15H,12-13H2,1-3H3,(H,24,28). The maximum absolute atomic E-state index is 14.3. The maximum Gasteiger partial charge on any atom is 0.269 e. The molecule has 1 aliphatic rings. The van der Waals surface area contributed by atoms with Gasteiger partial charge in [-0.3, -0.25) is 14.4 Å². The van der Waals surface area contributed by atoms with Crippen LogP contribution in [0, 0.1) is 5.82 Å². The lowest BCUT2D eigenvalue weighted by molar-refractivity contribution is -0.140. The first-order valence-electron chi connectivity index (χ1n) is 10.0. The van der Waals surface area contributed by atoms with Gasteiger partial charge in [0.2, 0.25) is 11.8 Å². The summed E-state index contributed by atoms with van der Waals surface area (Å²) < 4.78 is 40.4. The molecule has 2 aromatic carbocycles. The molecule has 3 amide bonds. The highest BCUT2D eigenvalue weighted by Gasteiger charge is 2.43. The van der Waals surface area contributed by atoms with E-state index in [4.69, 9.17) is 0 Å². The Morgan fingerprint density at radius 1 is 1.06 bits per heavy atom. The minimum Gasteiger partial charge on any atom is -0.352 e. The number of fused-ring (bicyclic) bond motifs is 1. The van der Waals surface area contributed by atoms with E-state index in [1.54, 1.807) is 19.9 Å². The van der Waals surface area contributed by atoms with Crippen molar-refractivity contribution in [3.05, 3.63) is 65.5 Å². The third-order valence-corrected chi connectivity index (χ3v) is 6.87. The zero-order valence-corrected chi connectivity index (χ0v) is 18.7. The van der Waals surface area contributed by atoms with Crippen LogP contribution in [0.5, 0.6) is 0 Å². The molecule has 1 heterocycles. The van der Waals surface area contributed by atoms with Crippen LogP contribution in [0.15, 0.2) is 53.4 Å². The zero-order chi connectivity index (χ0) is 23.6. The highest BCUT2D eigenvalue weighted by atomic mass is 32.2. The van der Waals surface area contributed by atoms with Crippen molar-refractivity contribution in [2.24, 2.45) is 0 Å². The van der Waals surface area contributed by atoms with Crippen LogP contribution in [0.4, 0.5) is 4.39 Å². The minimum absolute atomic E-state index is 0.0217. The van der Waals surface area contributed by atoms with Crippen LogP contribution in [0.3, 0.4) is 0 Å². The molecule has 10 heteroatoms. The fraction of sp³-hybridized carbons (Fsp3) is 0.318. The van der Waals surface area contributed by atoms with Crippen molar-refractivity contribution >= 4 is 27.7 Å². The molecular formula is C22H24FN3O5S. The van der Waals surface area contributed by atoms with Crippen molar-refractivity contribution in [1.29, 1.82) is 0 Å². The smallest absolute Gasteiger partial charge is 0.269 e. The second kappa shape index (κ2) is 9.07. The molecule has 170 valence electrons. The predicted octanol–water partition coefficient (Wildman–Crippen LogP) is 1.91. The van der Waals surface area contributed by atoms with Gasteiger partial charge in [0, 0.05) is 18.2 Å². The first-order valence-corrected chi connectivity index (χ1v) is 11.5. The molecule has 1 N–H and O–H groups in total. The van der Waals surface area contributed by atoms with Crippen molar-refractivity contribution in [2.45, 2.75) is 44.3 Å². The highest BCUT2D eigenvalue weighted by Crippen LogP contribution is 2.30. The molecule has 1 atom stereocenters.